The Hall–Kier alpha value is -2.43. The van der Waals surface area contributed by atoms with Crippen LogP contribution in [0.1, 0.15) is 0 Å². The Morgan fingerprint density at radius 1 is 1.18 bits per heavy atom. The van der Waals surface area contributed by atoms with Gasteiger partial charge in [-0.05, 0) is 12.1 Å². The molecule has 84 valence electrons. The van der Waals surface area contributed by atoms with Crippen molar-refractivity contribution in [1.29, 1.82) is 0 Å². The number of aryl methyl sites for hydroxylation is 1. The summed E-state index contributed by atoms with van der Waals surface area (Å²) in [6, 6.07) is 3.83. The Kier molecular flexibility index (Phi) is 2.04. The predicted molar refractivity (Wildman–Crippen MR) is 66.2 cm³/mol. The minimum absolute atomic E-state index is 0.501. The molecule has 5 nitrogen and oxygen atoms in total. The molecule has 0 atom stereocenters. The summed E-state index contributed by atoms with van der Waals surface area (Å²) >= 11 is 0. The van der Waals surface area contributed by atoms with Crippen LogP contribution in [0.25, 0.3) is 22.0 Å². The number of fused-ring (bicyclic) bond motifs is 1. The molecule has 0 saturated heterocycles. The minimum Gasteiger partial charge on any atom is -0.383 e. The lowest BCUT2D eigenvalue weighted by molar-refractivity contribution is 0.768. The standard InChI is InChI=1S/C12H11N5/c1-17-7-9(6-16-17)8-4-10-11(15-5-8)2-3-14-12(10)13/h2-7H,1H3,(H2,13,14). The first-order valence-corrected chi connectivity index (χ1v) is 5.23. The smallest absolute Gasteiger partial charge is 0.132 e. The lowest BCUT2D eigenvalue weighted by Crippen LogP contribution is -1.92. The van der Waals surface area contributed by atoms with Crippen molar-refractivity contribution in [2.45, 2.75) is 0 Å². The van der Waals surface area contributed by atoms with Crippen LogP contribution >= 0.6 is 0 Å². The molecule has 3 aromatic heterocycles. The molecule has 0 aromatic carbocycles. The Morgan fingerprint density at radius 2 is 2.06 bits per heavy atom. The van der Waals surface area contributed by atoms with Crippen molar-refractivity contribution in [1.82, 2.24) is 19.7 Å². The van der Waals surface area contributed by atoms with E-state index in [-0.39, 0.29) is 0 Å². The van der Waals surface area contributed by atoms with E-state index in [0.717, 1.165) is 22.0 Å². The number of hydrogen-bond donors (Lipinski definition) is 1. The molecule has 0 unspecified atom stereocenters. The molecule has 0 spiro atoms. The summed E-state index contributed by atoms with van der Waals surface area (Å²) in [5.41, 5.74) is 8.70. The molecule has 0 saturated carbocycles. The summed E-state index contributed by atoms with van der Waals surface area (Å²) < 4.78 is 1.76. The van der Waals surface area contributed by atoms with Crippen LogP contribution in [0.3, 0.4) is 0 Å². The molecule has 17 heavy (non-hydrogen) atoms. The summed E-state index contributed by atoms with van der Waals surface area (Å²) in [4.78, 5) is 8.43. The molecule has 0 aliphatic rings. The monoisotopic (exact) mass is 225 g/mol. The zero-order valence-corrected chi connectivity index (χ0v) is 9.33. The zero-order chi connectivity index (χ0) is 11.8. The normalized spacial score (nSPS) is 10.9. The highest BCUT2D eigenvalue weighted by atomic mass is 15.2. The third kappa shape index (κ3) is 1.61. The van der Waals surface area contributed by atoms with Crippen LogP contribution < -0.4 is 5.73 Å². The van der Waals surface area contributed by atoms with Crippen molar-refractivity contribution in [3.63, 3.8) is 0 Å². The third-order valence-corrected chi connectivity index (χ3v) is 2.68. The van der Waals surface area contributed by atoms with Gasteiger partial charge in [0.15, 0.2) is 0 Å². The highest BCUT2D eigenvalue weighted by Crippen LogP contribution is 2.24. The van der Waals surface area contributed by atoms with Gasteiger partial charge < -0.3 is 5.73 Å². The van der Waals surface area contributed by atoms with Crippen molar-refractivity contribution >= 4 is 16.7 Å². The van der Waals surface area contributed by atoms with Gasteiger partial charge in [-0.25, -0.2) is 4.98 Å². The molecule has 0 amide bonds. The molecule has 3 aromatic rings. The summed E-state index contributed by atoms with van der Waals surface area (Å²) in [5, 5.41) is 5.01. The van der Waals surface area contributed by atoms with Gasteiger partial charge in [-0.1, -0.05) is 0 Å². The van der Waals surface area contributed by atoms with E-state index in [2.05, 4.69) is 15.1 Å². The predicted octanol–water partition coefficient (Wildman–Crippen LogP) is 1.61. The number of nitrogens with two attached hydrogens (primary N) is 1. The van der Waals surface area contributed by atoms with Gasteiger partial charge in [0.1, 0.15) is 5.82 Å². The molecular formula is C12H11N5. The molecule has 2 N–H and O–H groups in total. The third-order valence-electron chi connectivity index (χ3n) is 2.68. The SMILES string of the molecule is Cn1cc(-c2cnc3ccnc(N)c3c2)cn1. The van der Waals surface area contributed by atoms with E-state index in [4.69, 9.17) is 5.73 Å². The topological polar surface area (TPSA) is 69.6 Å². The largest absolute Gasteiger partial charge is 0.383 e. The number of nitrogens with zero attached hydrogens (tertiary/aromatic N) is 4. The lowest BCUT2D eigenvalue weighted by Gasteiger charge is -2.02. The molecule has 0 radical (unpaired) electrons. The van der Waals surface area contributed by atoms with E-state index in [0.29, 0.717) is 5.82 Å². The second-order valence-corrected chi connectivity index (χ2v) is 3.89. The maximum atomic E-state index is 5.84. The number of pyridine rings is 2. The molecular weight excluding hydrogens is 214 g/mol. The highest BCUT2D eigenvalue weighted by Gasteiger charge is 2.05. The fraction of sp³-hybridized carbons (Fsp3) is 0.0833. The Bertz CT molecular complexity index is 686. The highest BCUT2D eigenvalue weighted by molar-refractivity contribution is 5.90. The van der Waals surface area contributed by atoms with Gasteiger partial charge in [0.25, 0.3) is 0 Å². The Morgan fingerprint density at radius 3 is 2.82 bits per heavy atom. The average Bonchev–Trinajstić information content (AvgIpc) is 2.76. The first-order valence-electron chi connectivity index (χ1n) is 5.23. The van der Waals surface area contributed by atoms with Crippen LogP contribution in [-0.2, 0) is 7.05 Å². The van der Waals surface area contributed by atoms with E-state index in [1.807, 2.05) is 31.6 Å². The van der Waals surface area contributed by atoms with Gasteiger partial charge in [0, 0.05) is 42.2 Å². The summed E-state index contributed by atoms with van der Waals surface area (Å²) in [6.07, 6.45) is 7.22. The molecule has 0 fully saturated rings. The number of anilines is 1. The molecule has 0 bridgehead atoms. The van der Waals surface area contributed by atoms with Gasteiger partial charge in [-0.15, -0.1) is 0 Å². The Labute approximate surface area is 97.9 Å². The first kappa shape index (κ1) is 9.77. The number of hydrogen-bond acceptors (Lipinski definition) is 4. The fourth-order valence-corrected chi connectivity index (χ4v) is 1.80. The average molecular weight is 225 g/mol. The Balaban J connectivity index is 2.22. The van der Waals surface area contributed by atoms with Crippen LogP contribution in [0.2, 0.25) is 0 Å². The molecule has 3 heterocycles. The maximum Gasteiger partial charge on any atom is 0.132 e. The van der Waals surface area contributed by atoms with Crippen LogP contribution in [0.15, 0.2) is 36.9 Å². The number of aromatic nitrogens is 4. The zero-order valence-electron chi connectivity index (χ0n) is 9.33. The van der Waals surface area contributed by atoms with Gasteiger partial charge in [-0.3, -0.25) is 9.67 Å². The van der Waals surface area contributed by atoms with Crippen molar-refractivity contribution in [2.75, 3.05) is 5.73 Å². The first-order chi connectivity index (χ1) is 8.24. The van der Waals surface area contributed by atoms with Gasteiger partial charge >= 0.3 is 0 Å². The van der Waals surface area contributed by atoms with Crippen LogP contribution in [0, 0.1) is 0 Å². The van der Waals surface area contributed by atoms with E-state index in [9.17, 15) is 0 Å². The lowest BCUT2D eigenvalue weighted by atomic mass is 10.1. The molecule has 5 heteroatoms. The number of rotatable bonds is 1. The van der Waals surface area contributed by atoms with Crippen molar-refractivity contribution < 1.29 is 0 Å². The quantitative estimate of drug-likeness (QED) is 0.683. The van der Waals surface area contributed by atoms with E-state index in [1.165, 1.54) is 0 Å². The van der Waals surface area contributed by atoms with Crippen molar-refractivity contribution in [2.24, 2.45) is 7.05 Å². The summed E-state index contributed by atoms with van der Waals surface area (Å²) in [5.74, 6) is 0.501. The van der Waals surface area contributed by atoms with Crippen LogP contribution in [0.4, 0.5) is 5.82 Å². The summed E-state index contributed by atoms with van der Waals surface area (Å²) in [6.45, 7) is 0. The number of nitrogen functional groups attached to an aromatic ring is 1. The minimum atomic E-state index is 0.501. The second kappa shape index (κ2) is 3.55. The summed E-state index contributed by atoms with van der Waals surface area (Å²) in [7, 11) is 1.88. The van der Waals surface area contributed by atoms with Gasteiger partial charge in [0.05, 0.1) is 11.7 Å². The molecule has 0 aliphatic carbocycles. The van der Waals surface area contributed by atoms with Crippen molar-refractivity contribution in [3.8, 4) is 11.1 Å². The van der Waals surface area contributed by atoms with Gasteiger partial charge in [-0.2, -0.15) is 5.10 Å². The van der Waals surface area contributed by atoms with Gasteiger partial charge in [0.2, 0.25) is 0 Å². The van der Waals surface area contributed by atoms with Crippen LogP contribution in [0.5, 0.6) is 0 Å². The molecule has 3 rings (SSSR count). The fourth-order valence-electron chi connectivity index (χ4n) is 1.80. The van der Waals surface area contributed by atoms with E-state index in [1.54, 1.807) is 17.1 Å². The van der Waals surface area contributed by atoms with Crippen molar-refractivity contribution in [3.05, 3.63) is 36.9 Å². The maximum absolute atomic E-state index is 5.84. The second-order valence-electron chi connectivity index (χ2n) is 3.89. The van der Waals surface area contributed by atoms with E-state index < -0.39 is 0 Å². The molecule has 0 aliphatic heterocycles. The van der Waals surface area contributed by atoms with Crippen LogP contribution in [-0.4, -0.2) is 19.7 Å². The van der Waals surface area contributed by atoms with E-state index >= 15 is 0 Å².